The van der Waals surface area contributed by atoms with Gasteiger partial charge in [-0.05, 0) is 48.4 Å². The molecule has 0 bridgehead atoms. The second kappa shape index (κ2) is 8.78. The molecule has 3 atom stereocenters. The number of nitrogens with zero attached hydrogens (tertiary/aromatic N) is 1. The predicted octanol–water partition coefficient (Wildman–Crippen LogP) is 5.49. The molecule has 5 nitrogen and oxygen atoms in total. The number of fused-ring (bicyclic) bond motifs is 2. The molecule has 2 N–H and O–H groups in total. The fraction of sp³-hybridized carbons (Fsp3) is 0.375. The zero-order valence-electron chi connectivity index (χ0n) is 18.3. The smallest absolute Gasteiger partial charge is 0.372 e. The summed E-state index contributed by atoms with van der Waals surface area (Å²) in [5, 5.41) is 2.84. The lowest BCUT2D eigenvalue weighted by atomic mass is 9.67. The summed E-state index contributed by atoms with van der Waals surface area (Å²) in [6.45, 7) is -0.154. The normalized spacial score (nSPS) is 21.8. The first kappa shape index (κ1) is 23.5. The molecule has 3 aromatic rings. The maximum absolute atomic E-state index is 14.9. The van der Waals surface area contributed by atoms with Gasteiger partial charge in [-0.15, -0.1) is 0 Å². The molecule has 11 heteroatoms. The van der Waals surface area contributed by atoms with E-state index in [1.165, 1.54) is 18.3 Å². The number of H-pyrrole nitrogens is 1. The van der Waals surface area contributed by atoms with E-state index in [-0.39, 0.29) is 41.0 Å². The highest BCUT2D eigenvalue weighted by Crippen LogP contribution is 2.47. The van der Waals surface area contributed by atoms with Crippen LogP contribution in [-0.2, 0) is 4.74 Å². The van der Waals surface area contributed by atoms with E-state index in [4.69, 9.17) is 4.74 Å². The number of benzene rings is 2. The topological polar surface area (TPSA) is 57.4 Å². The first-order valence-electron chi connectivity index (χ1n) is 11.1. The Hall–Kier alpha value is -3.21. The highest BCUT2D eigenvalue weighted by molar-refractivity contribution is 6.09. The van der Waals surface area contributed by atoms with E-state index in [1.807, 2.05) is 4.90 Å². The minimum absolute atomic E-state index is 0.00921. The summed E-state index contributed by atoms with van der Waals surface area (Å²) in [7, 11) is 0. The van der Waals surface area contributed by atoms with Crippen molar-refractivity contribution in [1.29, 1.82) is 0 Å². The Kier molecular flexibility index (Phi) is 5.90. The van der Waals surface area contributed by atoms with Crippen LogP contribution in [0.4, 0.5) is 37.7 Å². The largest absolute Gasteiger partial charge is 0.411 e. The number of nitrogens with one attached hydrogen (secondary N) is 2. The molecule has 186 valence electrons. The van der Waals surface area contributed by atoms with Crippen molar-refractivity contribution in [2.45, 2.75) is 12.6 Å². The van der Waals surface area contributed by atoms with E-state index < -0.39 is 36.1 Å². The van der Waals surface area contributed by atoms with Crippen molar-refractivity contribution >= 4 is 28.2 Å². The number of carbonyl (C=O) groups is 1. The van der Waals surface area contributed by atoms with Gasteiger partial charge in [-0.3, -0.25) is 4.79 Å². The molecule has 2 fully saturated rings. The minimum Gasteiger partial charge on any atom is -0.372 e. The molecule has 2 aromatic carbocycles. The van der Waals surface area contributed by atoms with Gasteiger partial charge in [0.2, 0.25) is 0 Å². The number of hydrogen-bond acceptors (Lipinski definition) is 3. The number of ether oxygens (including phenoxy) is 1. The van der Waals surface area contributed by atoms with Gasteiger partial charge >= 0.3 is 6.18 Å². The molecule has 0 spiro atoms. The van der Waals surface area contributed by atoms with Crippen LogP contribution < -0.4 is 10.2 Å². The number of aromatic amines is 1. The number of anilines is 2. The SMILES string of the molecule is O=C(Nc1c[nH]c2cc(F)c(F)cc12)c1ccc(N2C[C@@H]3CC(COCC(F)(F)F)[C@@H]3C2)c(F)c1. The average molecular weight is 497 g/mol. The Morgan fingerprint density at radius 2 is 1.86 bits per heavy atom. The number of alkyl halides is 3. The maximum Gasteiger partial charge on any atom is 0.411 e. The first-order valence-corrected chi connectivity index (χ1v) is 11.1. The fourth-order valence-corrected chi connectivity index (χ4v) is 5.08. The quantitative estimate of drug-likeness (QED) is 0.443. The van der Waals surface area contributed by atoms with E-state index >= 15 is 0 Å². The highest BCUT2D eigenvalue weighted by atomic mass is 19.4. The summed E-state index contributed by atoms with van der Waals surface area (Å²) in [5.41, 5.74) is 0.883. The summed E-state index contributed by atoms with van der Waals surface area (Å²) in [5.74, 6) is -2.89. The molecule has 5 rings (SSSR count). The van der Waals surface area contributed by atoms with Gasteiger partial charge in [-0.25, -0.2) is 13.2 Å². The molecule has 2 heterocycles. The zero-order chi connectivity index (χ0) is 24.9. The average Bonchev–Trinajstić information content (AvgIpc) is 3.31. The Balaban J connectivity index is 1.23. The summed E-state index contributed by atoms with van der Waals surface area (Å²) in [6.07, 6.45) is -2.23. The standard InChI is InChI=1S/C24H21F6N3O2/c25-17-5-15-20(6-18(17)26)31-7-21(15)32-23(34)12-1-2-22(19(27)4-12)33-8-13-3-14(16(13)9-33)10-35-11-24(28,29)30/h1-2,4-7,13-14,16,31H,3,8-11H2,(H,32,34)/t13-,14?,16+/m0/s1. The number of carbonyl (C=O) groups excluding carboxylic acids is 1. The van der Waals surface area contributed by atoms with Gasteiger partial charge in [-0.1, -0.05) is 0 Å². The second-order valence-electron chi connectivity index (χ2n) is 9.09. The Morgan fingerprint density at radius 1 is 1.09 bits per heavy atom. The summed E-state index contributed by atoms with van der Waals surface area (Å²) >= 11 is 0. The first-order chi connectivity index (χ1) is 16.6. The van der Waals surface area contributed by atoms with Crippen molar-refractivity contribution in [2.75, 3.05) is 36.5 Å². The van der Waals surface area contributed by atoms with Crippen LogP contribution >= 0.6 is 0 Å². The highest BCUT2D eigenvalue weighted by Gasteiger charge is 2.47. The van der Waals surface area contributed by atoms with Crippen molar-refractivity contribution in [3.05, 3.63) is 59.5 Å². The van der Waals surface area contributed by atoms with E-state index in [1.54, 1.807) is 0 Å². The number of amides is 1. The van der Waals surface area contributed by atoms with Gasteiger partial charge in [0.15, 0.2) is 11.6 Å². The van der Waals surface area contributed by atoms with Crippen molar-refractivity contribution in [3.63, 3.8) is 0 Å². The molecule has 1 saturated carbocycles. The molecule has 1 aromatic heterocycles. The molecule has 1 aliphatic heterocycles. The molecule has 1 aliphatic carbocycles. The van der Waals surface area contributed by atoms with Crippen LogP contribution in [0.15, 0.2) is 36.5 Å². The van der Waals surface area contributed by atoms with Gasteiger partial charge in [0.25, 0.3) is 5.91 Å². The van der Waals surface area contributed by atoms with Gasteiger partial charge in [0.1, 0.15) is 12.4 Å². The van der Waals surface area contributed by atoms with Crippen LogP contribution in [0.1, 0.15) is 16.8 Å². The molecule has 1 saturated heterocycles. The monoisotopic (exact) mass is 497 g/mol. The number of hydrogen-bond donors (Lipinski definition) is 2. The molecule has 2 aliphatic rings. The molecule has 1 amide bonds. The van der Waals surface area contributed by atoms with Crippen molar-refractivity contribution < 1.29 is 35.9 Å². The lowest BCUT2D eigenvalue weighted by Crippen LogP contribution is -2.39. The molecule has 0 radical (unpaired) electrons. The molecule has 1 unspecified atom stereocenters. The van der Waals surface area contributed by atoms with E-state index in [9.17, 15) is 31.1 Å². The van der Waals surface area contributed by atoms with Crippen molar-refractivity contribution in [2.24, 2.45) is 17.8 Å². The Bertz CT molecular complexity index is 1270. The number of halogens is 6. The van der Waals surface area contributed by atoms with Crippen molar-refractivity contribution in [3.8, 4) is 0 Å². The summed E-state index contributed by atoms with van der Waals surface area (Å²) in [6, 6.07) is 6.00. The van der Waals surface area contributed by atoms with Crippen LogP contribution in [0.5, 0.6) is 0 Å². The predicted molar refractivity (Wildman–Crippen MR) is 117 cm³/mol. The van der Waals surface area contributed by atoms with Crippen LogP contribution in [-0.4, -0.2) is 43.4 Å². The van der Waals surface area contributed by atoms with Crippen molar-refractivity contribution in [1.82, 2.24) is 4.98 Å². The van der Waals surface area contributed by atoms with Crippen LogP contribution in [0.2, 0.25) is 0 Å². The minimum atomic E-state index is -4.36. The number of aromatic nitrogens is 1. The Morgan fingerprint density at radius 3 is 2.60 bits per heavy atom. The van der Waals surface area contributed by atoms with Gasteiger partial charge in [0, 0.05) is 36.3 Å². The lowest BCUT2D eigenvalue weighted by molar-refractivity contribution is -0.181. The third kappa shape index (κ3) is 4.69. The molecular formula is C24H21F6N3O2. The van der Waals surface area contributed by atoms with Gasteiger partial charge in [0.05, 0.1) is 23.5 Å². The summed E-state index contributed by atoms with van der Waals surface area (Å²) < 4.78 is 83.6. The number of rotatable bonds is 6. The third-order valence-corrected chi connectivity index (χ3v) is 6.82. The third-order valence-electron chi connectivity index (χ3n) is 6.82. The summed E-state index contributed by atoms with van der Waals surface area (Å²) in [4.78, 5) is 17.2. The second-order valence-corrected chi connectivity index (χ2v) is 9.09. The van der Waals surface area contributed by atoms with E-state index in [0.717, 1.165) is 24.6 Å². The van der Waals surface area contributed by atoms with E-state index in [2.05, 4.69) is 10.3 Å². The van der Waals surface area contributed by atoms with Gasteiger partial charge < -0.3 is 19.9 Å². The zero-order valence-corrected chi connectivity index (χ0v) is 18.3. The Labute approximate surface area is 196 Å². The maximum atomic E-state index is 14.9. The molecule has 35 heavy (non-hydrogen) atoms. The van der Waals surface area contributed by atoms with E-state index in [0.29, 0.717) is 24.3 Å². The van der Waals surface area contributed by atoms with Crippen LogP contribution in [0, 0.1) is 35.2 Å². The van der Waals surface area contributed by atoms with Gasteiger partial charge in [-0.2, -0.15) is 13.2 Å². The van der Waals surface area contributed by atoms with Crippen LogP contribution in [0.25, 0.3) is 10.9 Å². The molecular weight excluding hydrogens is 476 g/mol. The fourth-order valence-electron chi connectivity index (χ4n) is 5.08. The lowest BCUT2D eigenvalue weighted by Gasteiger charge is -2.39. The van der Waals surface area contributed by atoms with Crippen LogP contribution in [0.3, 0.4) is 0 Å².